The molecule has 14 heteroatoms. The van der Waals surface area contributed by atoms with Crippen LogP contribution in [-0.2, 0) is 25.6 Å². The molecular formula is C22H26N8O5S. The molecule has 190 valence electrons. The second-order valence-corrected chi connectivity index (χ2v) is 7.78. The first-order valence-corrected chi connectivity index (χ1v) is 11.6. The normalized spacial score (nSPS) is 11.5. The van der Waals surface area contributed by atoms with E-state index in [4.69, 9.17) is 15.2 Å². The van der Waals surface area contributed by atoms with E-state index in [-0.39, 0.29) is 44.2 Å². The predicted molar refractivity (Wildman–Crippen MR) is 132 cm³/mol. The molecule has 0 aliphatic rings. The highest BCUT2D eigenvalue weighted by molar-refractivity contribution is 7.80. The fraction of sp³-hybridized carbons (Fsp3) is 0.364. The number of nitrogens with one attached hydrogen (secondary N) is 2. The van der Waals surface area contributed by atoms with E-state index in [0.717, 1.165) is 0 Å². The molecule has 3 aromatic rings. The molecule has 0 radical (unpaired) electrons. The van der Waals surface area contributed by atoms with Crippen molar-refractivity contribution in [2.24, 2.45) is 0 Å². The molecule has 13 nitrogen and oxygen atoms in total. The minimum atomic E-state index is -0.978. The molecule has 0 bridgehead atoms. The monoisotopic (exact) mass is 514 g/mol. The molecule has 2 heterocycles. The molecular weight excluding hydrogens is 488 g/mol. The lowest BCUT2D eigenvalue weighted by atomic mass is 10.1. The Bertz CT molecular complexity index is 1240. The van der Waals surface area contributed by atoms with Gasteiger partial charge in [0, 0.05) is 17.7 Å². The van der Waals surface area contributed by atoms with Crippen LogP contribution < -0.4 is 16.4 Å². The summed E-state index contributed by atoms with van der Waals surface area (Å²) in [5.74, 6) is -1.14. The van der Waals surface area contributed by atoms with E-state index in [2.05, 4.69) is 48.4 Å². The molecule has 0 saturated carbocycles. The largest absolute Gasteiger partial charge is 0.466 e. The van der Waals surface area contributed by atoms with Gasteiger partial charge in [0.25, 0.3) is 5.91 Å². The number of nitrogens with zero attached hydrogens (tertiary/aromatic N) is 5. The van der Waals surface area contributed by atoms with Crippen LogP contribution in [0.1, 0.15) is 42.9 Å². The quantitative estimate of drug-likeness (QED) is 0.164. The van der Waals surface area contributed by atoms with Crippen molar-refractivity contribution in [1.82, 2.24) is 30.5 Å². The maximum atomic E-state index is 12.7. The van der Waals surface area contributed by atoms with Crippen molar-refractivity contribution in [3.05, 3.63) is 35.7 Å². The molecule has 1 atom stereocenters. The van der Waals surface area contributed by atoms with Crippen LogP contribution >= 0.6 is 12.6 Å². The maximum absolute atomic E-state index is 12.7. The van der Waals surface area contributed by atoms with Crippen LogP contribution in [0.2, 0.25) is 0 Å². The molecule has 0 fully saturated rings. The molecule has 1 amide bonds. The molecule has 0 spiro atoms. The van der Waals surface area contributed by atoms with Crippen molar-refractivity contribution in [3.63, 3.8) is 0 Å². The Morgan fingerprint density at radius 2 is 1.75 bits per heavy atom. The number of carbonyl (C=O) groups excluding carboxylic acids is 3. The minimum Gasteiger partial charge on any atom is -0.466 e. The van der Waals surface area contributed by atoms with Gasteiger partial charge in [0.2, 0.25) is 11.6 Å². The fourth-order valence-electron chi connectivity index (χ4n) is 3.10. The van der Waals surface area contributed by atoms with Gasteiger partial charge in [0.1, 0.15) is 16.6 Å². The summed E-state index contributed by atoms with van der Waals surface area (Å²) >= 11 is 4.24. The number of thiol groups is 1. The van der Waals surface area contributed by atoms with E-state index in [1.807, 2.05) is 0 Å². The number of fused-ring (bicyclic) bond motifs is 1. The zero-order valence-electron chi connectivity index (χ0n) is 19.7. The van der Waals surface area contributed by atoms with E-state index in [1.165, 1.54) is 0 Å². The average molecular weight is 515 g/mol. The van der Waals surface area contributed by atoms with Crippen LogP contribution in [-0.4, -0.2) is 62.3 Å². The number of hydrogen-bond donors (Lipinski definition) is 4. The number of nitrogens with two attached hydrogens (primary N) is 1. The van der Waals surface area contributed by atoms with Gasteiger partial charge in [-0.05, 0) is 44.5 Å². The Kier molecular flexibility index (Phi) is 9.27. The average Bonchev–Trinajstić information content (AvgIpc) is 2.85. The van der Waals surface area contributed by atoms with Gasteiger partial charge < -0.3 is 25.8 Å². The van der Waals surface area contributed by atoms with Crippen molar-refractivity contribution < 1.29 is 23.9 Å². The highest BCUT2D eigenvalue weighted by Gasteiger charge is 2.24. The van der Waals surface area contributed by atoms with Crippen LogP contribution in [0.5, 0.6) is 0 Å². The summed E-state index contributed by atoms with van der Waals surface area (Å²) in [5.41, 5.74) is 7.22. The maximum Gasteiger partial charge on any atom is 0.328 e. The molecule has 2 aromatic heterocycles. The standard InChI is InChI=1S/C22H26N8O5S/c1-3-34-16(31)10-9-14(21(33)35-4-2)25-19(32)12-5-7-13(8-6-12)24-11-15-26-17-18(30-29-15)27-22(23)28-20(17)36/h5-8,14,24H,3-4,9-11H2,1-2H3,(H,25,32)(H3,23,27,28,30,36). The van der Waals surface area contributed by atoms with E-state index in [1.54, 1.807) is 38.1 Å². The van der Waals surface area contributed by atoms with Gasteiger partial charge in [-0.1, -0.05) is 0 Å². The molecule has 1 unspecified atom stereocenters. The van der Waals surface area contributed by atoms with E-state index in [0.29, 0.717) is 27.6 Å². The Morgan fingerprint density at radius 3 is 2.44 bits per heavy atom. The first kappa shape index (κ1) is 26.5. The molecule has 0 saturated heterocycles. The summed E-state index contributed by atoms with van der Waals surface area (Å²) in [6, 6.07) is 5.58. The number of aromatic nitrogens is 5. The van der Waals surface area contributed by atoms with Gasteiger partial charge in [-0.2, -0.15) is 4.98 Å². The summed E-state index contributed by atoms with van der Waals surface area (Å²) in [5, 5.41) is 14.1. The first-order valence-electron chi connectivity index (χ1n) is 11.1. The van der Waals surface area contributed by atoms with Crippen LogP contribution in [0.15, 0.2) is 29.3 Å². The number of amides is 1. The van der Waals surface area contributed by atoms with E-state index < -0.39 is 23.9 Å². The van der Waals surface area contributed by atoms with Crippen molar-refractivity contribution in [2.75, 3.05) is 24.3 Å². The number of esters is 2. The molecule has 0 aliphatic carbocycles. The third-order valence-corrected chi connectivity index (χ3v) is 5.09. The van der Waals surface area contributed by atoms with Crippen LogP contribution in [0.4, 0.5) is 11.6 Å². The summed E-state index contributed by atoms with van der Waals surface area (Å²) in [7, 11) is 0. The second-order valence-electron chi connectivity index (χ2n) is 7.36. The third-order valence-electron chi connectivity index (χ3n) is 4.78. The number of anilines is 2. The Morgan fingerprint density at radius 1 is 1.03 bits per heavy atom. The minimum absolute atomic E-state index is 0.0274. The zero-order valence-corrected chi connectivity index (χ0v) is 20.6. The van der Waals surface area contributed by atoms with Crippen molar-refractivity contribution in [3.8, 4) is 0 Å². The van der Waals surface area contributed by atoms with Gasteiger partial charge in [0.05, 0.1) is 19.8 Å². The van der Waals surface area contributed by atoms with Crippen LogP contribution in [0.3, 0.4) is 0 Å². The van der Waals surface area contributed by atoms with Gasteiger partial charge in [-0.3, -0.25) is 9.59 Å². The number of benzene rings is 1. The van der Waals surface area contributed by atoms with Crippen LogP contribution in [0.25, 0.3) is 11.2 Å². The van der Waals surface area contributed by atoms with Crippen molar-refractivity contribution >= 4 is 53.3 Å². The Hall–Kier alpha value is -4.07. The topological polar surface area (TPSA) is 184 Å². The highest BCUT2D eigenvalue weighted by Crippen LogP contribution is 2.16. The predicted octanol–water partition coefficient (Wildman–Crippen LogP) is 1.30. The Balaban J connectivity index is 1.61. The van der Waals surface area contributed by atoms with E-state index in [9.17, 15) is 14.4 Å². The zero-order chi connectivity index (χ0) is 26.1. The molecule has 4 N–H and O–H groups in total. The fourth-order valence-corrected chi connectivity index (χ4v) is 3.35. The van der Waals surface area contributed by atoms with Gasteiger partial charge in [0.15, 0.2) is 5.82 Å². The van der Waals surface area contributed by atoms with Crippen molar-refractivity contribution in [1.29, 1.82) is 0 Å². The number of ether oxygens (including phenoxy) is 2. The van der Waals surface area contributed by atoms with Crippen LogP contribution in [0, 0.1) is 0 Å². The molecule has 36 heavy (non-hydrogen) atoms. The summed E-state index contributed by atoms with van der Waals surface area (Å²) < 4.78 is 9.90. The Labute approximate surface area is 212 Å². The third kappa shape index (κ3) is 7.21. The summed E-state index contributed by atoms with van der Waals surface area (Å²) in [4.78, 5) is 48.9. The first-order chi connectivity index (χ1) is 17.3. The second kappa shape index (κ2) is 12.6. The lowest BCUT2D eigenvalue weighted by molar-refractivity contribution is -0.146. The number of carbonyl (C=O) groups is 3. The molecule has 3 rings (SSSR count). The molecule has 0 aliphatic heterocycles. The number of hydrogen-bond acceptors (Lipinski definition) is 13. The van der Waals surface area contributed by atoms with Crippen molar-refractivity contribution in [2.45, 2.75) is 44.3 Å². The van der Waals surface area contributed by atoms with E-state index >= 15 is 0 Å². The highest BCUT2D eigenvalue weighted by atomic mass is 32.1. The molecule has 1 aromatic carbocycles. The smallest absolute Gasteiger partial charge is 0.328 e. The number of rotatable bonds is 11. The lowest BCUT2D eigenvalue weighted by Crippen LogP contribution is -2.42. The lowest BCUT2D eigenvalue weighted by Gasteiger charge is -2.17. The van der Waals surface area contributed by atoms with Gasteiger partial charge in [-0.25, -0.2) is 14.8 Å². The summed E-state index contributed by atoms with van der Waals surface area (Å²) in [6.07, 6.45) is 0.0366. The SMILES string of the molecule is CCOC(=O)CCC(NC(=O)c1ccc(NCc2nnc3nc(N)nc(S)c3n2)cc1)C(=O)OCC. The number of nitrogen functional groups attached to an aromatic ring is 1. The summed E-state index contributed by atoms with van der Waals surface area (Å²) in [6.45, 7) is 3.98. The van der Waals surface area contributed by atoms with Gasteiger partial charge >= 0.3 is 11.9 Å². The van der Waals surface area contributed by atoms with Gasteiger partial charge in [-0.15, -0.1) is 22.8 Å².